The molecule has 0 saturated carbocycles. The van der Waals surface area contributed by atoms with Crippen molar-refractivity contribution in [3.05, 3.63) is 125 Å². The highest BCUT2D eigenvalue weighted by atomic mass is 32.2. The monoisotopic (exact) mass is 668 g/mol. The number of thioether (sulfide) groups is 1. The van der Waals surface area contributed by atoms with Crippen LogP contribution in [0.3, 0.4) is 0 Å². The molecule has 0 bridgehead atoms. The maximum Gasteiger partial charge on any atom is 0.243 e. The largest absolute Gasteiger partial charge is 0.392 e. The number of aliphatic hydroxyl groups is 1. The van der Waals surface area contributed by atoms with Crippen LogP contribution in [0.2, 0.25) is 0 Å². The molecule has 1 heterocycles. The number of unbranched alkanes of at least 4 members (excludes halogenated alkanes) is 3. The lowest BCUT2D eigenvalue weighted by Gasteiger charge is -2.36. The summed E-state index contributed by atoms with van der Waals surface area (Å²) in [5.41, 5.74) is 7.63. The van der Waals surface area contributed by atoms with Crippen molar-refractivity contribution in [3.63, 3.8) is 0 Å². The van der Waals surface area contributed by atoms with Crippen LogP contribution in [0.25, 0.3) is 11.1 Å². The highest BCUT2D eigenvalue weighted by Crippen LogP contribution is 2.40. The summed E-state index contributed by atoms with van der Waals surface area (Å²) in [5, 5.41) is 21.1. The van der Waals surface area contributed by atoms with Crippen LogP contribution >= 0.6 is 11.8 Å². The van der Waals surface area contributed by atoms with Crippen LogP contribution in [-0.4, -0.2) is 34.0 Å². The van der Waals surface area contributed by atoms with Gasteiger partial charge in [-0.3, -0.25) is 14.8 Å². The lowest BCUT2D eigenvalue weighted by Crippen LogP contribution is -2.31. The van der Waals surface area contributed by atoms with Gasteiger partial charge in [0, 0.05) is 42.0 Å². The lowest BCUT2D eigenvalue weighted by atomic mass is 9.97. The molecule has 1 saturated heterocycles. The van der Waals surface area contributed by atoms with Crippen LogP contribution in [0.5, 0.6) is 0 Å². The zero-order valence-corrected chi connectivity index (χ0v) is 27.9. The highest BCUT2D eigenvalue weighted by molar-refractivity contribution is 7.99. The van der Waals surface area contributed by atoms with E-state index in [9.17, 15) is 14.7 Å². The predicted molar refractivity (Wildman–Crippen MR) is 187 cm³/mol. The lowest BCUT2D eigenvalue weighted by molar-refractivity contribution is -0.245. The molecule has 4 aromatic rings. The Morgan fingerprint density at radius 1 is 0.750 bits per heavy atom. The van der Waals surface area contributed by atoms with Crippen LogP contribution in [0.4, 0.5) is 0 Å². The molecule has 1 aliphatic heterocycles. The van der Waals surface area contributed by atoms with Crippen molar-refractivity contribution in [2.75, 3.05) is 5.75 Å². The van der Waals surface area contributed by atoms with Gasteiger partial charge in [0.1, 0.15) is 0 Å². The van der Waals surface area contributed by atoms with Crippen LogP contribution in [0.15, 0.2) is 108 Å². The van der Waals surface area contributed by atoms with Gasteiger partial charge >= 0.3 is 0 Å². The number of nitrogens with one attached hydrogen (secondary N) is 2. The molecule has 0 unspecified atom stereocenters. The fourth-order valence-corrected chi connectivity index (χ4v) is 6.71. The predicted octanol–water partition coefficient (Wildman–Crippen LogP) is 7.65. The second-order valence-electron chi connectivity index (χ2n) is 12.0. The maximum absolute atomic E-state index is 12.5. The van der Waals surface area contributed by atoms with Gasteiger partial charge in [-0.25, -0.2) is 5.48 Å². The topological polar surface area (TPSA) is 117 Å². The molecule has 0 radical (unpaired) electrons. The highest BCUT2D eigenvalue weighted by Gasteiger charge is 2.32. The van der Waals surface area contributed by atoms with E-state index in [1.165, 1.54) is 4.90 Å². The summed E-state index contributed by atoms with van der Waals surface area (Å²) in [5.74, 6) is 0.421. The van der Waals surface area contributed by atoms with Gasteiger partial charge in [0.15, 0.2) is 6.29 Å². The number of carbonyl (C=O) groups is 2. The number of benzene rings is 4. The smallest absolute Gasteiger partial charge is 0.243 e. The maximum atomic E-state index is 12.5. The molecule has 0 aliphatic carbocycles. The zero-order valence-electron chi connectivity index (χ0n) is 27.1. The van der Waals surface area contributed by atoms with E-state index >= 15 is 0 Å². The molecule has 48 heavy (non-hydrogen) atoms. The standard InChI is InChI=1S/C39H44N2O6S/c42-26-28-16-18-30(19-17-28)36-24-33(27-48-34-11-4-3-5-12-34)46-39(47-36)31-22-20-29(21-23-31)35-13-9-8-10-32(35)25-40-37(43)14-6-1-2-7-15-38(44)41-45/h3-5,8-13,16-23,33,36,39,42,45H,1-2,6-7,14-15,24-27H2,(H,40,43)(H,41,44)/t33-,36+,39+/m0/s1. The minimum atomic E-state index is -0.530. The average molecular weight is 669 g/mol. The van der Waals surface area contributed by atoms with E-state index in [-0.39, 0.29) is 37.0 Å². The summed E-state index contributed by atoms with van der Waals surface area (Å²) < 4.78 is 13.1. The molecular weight excluding hydrogens is 625 g/mol. The SMILES string of the molecule is O=C(CCCCCCC(=O)NCc1ccccc1-c1ccc([C@@H]2O[C@H](CSc3ccccc3)C[C@H](c3ccc(CO)cc3)O2)cc1)NO. The van der Waals surface area contributed by atoms with E-state index in [4.69, 9.17) is 14.7 Å². The second kappa shape index (κ2) is 18.5. The molecule has 0 aromatic heterocycles. The van der Waals surface area contributed by atoms with Gasteiger partial charge in [0.05, 0.1) is 18.8 Å². The molecule has 2 amide bonds. The zero-order chi connectivity index (χ0) is 33.6. The third-order valence-corrected chi connectivity index (χ3v) is 9.61. The summed E-state index contributed by atoms with van der Waals surface area (Å²) >= 11 is 1.78. The first-order chi connectivity index (χ1) is 23.5. The molecule has 0 spiro atoms. The molecule has 9 heteroatoms. The van der Waals surface area contributed by atoms with Crippen molar-refractivity contribution in [1.29, 1.82) is 0 Å². The summed E-state index contributed by atoms with van der Waals surface area (Å²) in [4.78, 5) is 24.8. The van der Waals surface area contributed by atoms with Gasteiger partial charge in [0.2, 0.25) is 11.8 Å². The molecule has 8 nitrogen and oxygen atoms in total. The molecular formula is C39H44N2O6S. The first kappa shape index (κ1) is 35.3. The van der Waals surface area contributed by atoms with Gasteiger partial charge in [-0.15, -0.1) is 11.8 Å². The quantitative estimate of drug-likeness (QED) is 0.0420. The minimum Gasteiger partial charge on any atom is -0.392 e. The number of hydrogen-bond acceptors (Lipinski definition) is 7. The van der Waals surface area contributed by atoms with Crippen LogP contribution in [0, 0.1) is 0 Å². The summed E-state index contributed by atoms with van der Waals surface area (Å²) in [6.07, 6.45) is 3.89. The Hall–Kier alpha value is -3.99. The van der Waals surface area contributed by atoms with Crippen LogP contribution < -0.4 is 10.8 Å². The van der Waals surface area contributed by atoms with Crippen LogP contribution in [0.1, 0.15) is 79.6 Å². The van der Waals surface area contributed by atoms with E-state index < -0.39 is 6.29 Å². The minimum absolute atomic E-state index is 0.000356. The van der Waals surface area contributed by atoms with Gasteiger partial charge in [-0.1, -0.05) is 104 Å². The molecule has 3 atom stereocenters. The van der Waals surface area contributed by atoms with Crippen molar-refractivity contribution in [2.45, 2.75) is 81.5 Å². The normalized spacial score (nSPS) is 17.5. The Kier molecular flexibility index (Phi) is 13.6. The fourth-order valence-electron chi connectivity index (χ4n) is 5.77. The number of hydrogen-bond donors (Lipinski definition) is 4. The van der Waals surface area contributed by atoms with Crippen molar-refractivity contribution in [1.82, 2.24) is 10.8 Å². The number of aliphatic hydroxyl groups excluding tert-OH is 1. The first-order valence-electron chi connectivity index (χ1n) is 16.6. The molecule has 1 aliphatic rings. The van der Waals surface area contributed by atoms with E-state index in [0.717, 1.165) is 64.8 Å². The number of carbonyl (C=O) groups excluding carboxylic acids is 2. The fraction of sp³-hybridized carbons (Fsp3) is 0.333. The van der Waals surface area contributed by atoms with Crippen molar-refractivity contribution in [3.8, 4) is 11.1 Å². The Morgan fingerprint density at radius 2 is 1.42 bits per heavy atom. The van der Waals surface area contributed by atoms with Crippen molar-refractivity contribution in [2.24, 2.45) is 0 Å². The molecule has 5 rings (SSSR count). The van der Waals surface area contributed by atoms with E-state index in [0.29, 0.717) is 19.4 Å². The summed E-state index contributed by atoms with van der Waals surface area (Å²) in [6, 6.07) is 34.6. The summed E-state index contributed by atoms with van der Waals surface area (Å²) in [6.45, 7) is 0.437. The molecule has 1 fully saturated rings. The number of rotatable bonds is 16. The van der Waals surface area contributed by atoms with Crippen molar-refractivity contribution >= 4 is 23.6 Å². The Labute approximate surface area is 286 Å². The molecule has 252 valence electrons. The molecule has 4 N–H and O–H groups in total. The second-order valence-corrected chi connectivity index (χ2v) is 13.1. The Bertz CT molecular complexity index is 1580. The van der Waals surface area contributed by atoms with Gasteiger partial charge in [0.25, 0.3) is 0 Å². The Balaban J connectivity index is 1.21. The number of hydroxylamine groups is 1. The third-order valence-electron chi connectivity index (χ3n) is 8.46. The molecule has 4 aromatic carbocycles. The number of ether oxygens (including phenoxy) is 2. The summed E-state index contributed by atoms with van der Waals surface area (Å²) in [7, 11) is 0. The van der Waals surface area contributed by atoms with Gasteiger partial charge < -0.3 is 19.9 Å². The Morgan fingerprint density at radius 3 is 2.12 bits per heavy atom. The number of amides is 2. The van der Waals surface area contributed by atoms with Crippen LogP contribution in [-0.2, 0) is 32.2 Å². The van der Waals surface area contributed by atoms with Gasteiger partial charge in [-0.2, -0.15) is 0 Å². The first-order valence-corrected chi connectivity index (χ1v) is 17.6. The van der Waals surface area contributed by atoms with E-state index in [1.807, 2.05) is 60.7 Å². The third kappa shape index (κ3) is 10.5. The van der Waals surface area contributed by atoms with E-state index in [1.54, 1.807) is 17.2 Å². The van der Waals surface area contributed by atoms with E-state index in [2.05, 4.69) is 47.8 Å². The average Bonchev–Trinajstić information content (AvgIpc) is 3.15. The van der Waals surface area contributed by atoms with Crippen molar-refractivity contribution < 1.29 is 29.4 Å². The van der Waals surface area contributed by atoms with Gasteiger partial charge in [-0.05, 0) is 52.8 Å².